The number of pyridine rings is 1. The zero-order valence-corrected chi connectivity index (χ0v) is 18.4. The molecule has 1 aliphatic heterocycles. The highest BCUT2D eigenvalue weighted by molar-refractivity contribution is 7.88. The van der Waals surface area contributed by atoms with Crippen LogP contribution in [0, 0.1) is 6.92 Å². The molecular formula is C22H26N4O4S. The van der Waals surface area contributed by atoms with Gasteiger partial charge in [0.05, 0.1) is 11.9 Å². The number of carbonyl (C=O) groups is 1. The van der Waals surface area contributed by atoms with Crippen LogP contribution in [0.1, 0.15) is 34.5 Å². The lowest BCUT2D eigenvalue weighted by Crippen LogP contribution is -2.49. The number of aryl methyl sites for hydroxylation is 1. The molecule has 1 aromatic carbocycles. The molecule has 0 aliphatic carbocycles. The highest BCUT2D eigenvalue weighted by Crippen LogP contribution is 2.18. The van der Waals surface area contributed by atoms with Gasteiger partial charge in [-0.2, -0.15) is 0 Å². The molecule has 1 saturated heterocycles. The summed E-state index contributed by atoms with van der Waals surface area (Å²) in [7, 11) is -3.26. The maximum atomic E-state index is 12.7. The van der Waals surface area contributed by atoms with Gasteiger partial charge in [-0.15, -0.1) is 0 Å². The van der Waals surface area contributed by atoms with Crippen LogP contribution in [0.15, 0.2) is 48.8 Å². The van der Waals surface area contributed by atoms with Crippen molar-refractivity contribution in [1.82, 2.24) is 19.0 Å². The van der Waals surface area contributed by atoms with Gasteiger partial charge in [0.15, 0.2) is 0 Å². The van der Waals surface area contributed by atoms with Gasteiger partial charge in [-0.3, -0.25) is 4.79 Å². The van der Waals surface area contributed by atoms with Gasteiger partial charge in [0.25, 0.3) is 5.91 Å². The summed E-state index contributed by atoms with van der Waals surface area (Å²) >= 11 is 0. The summed E-state index contributed by atoms with van der Waals surface area (Å²) in [5.41, 5.74) is 3.27. The zero-order chi connectivity index (χ0) is 22.0. The molecule has 1 aliphatic rings. The molecule has 1 fully saturated rings. The Balaban J connectivity index is 1.38. The van der Waals surface area contributed by atoms with Crippen molar-refractivity contribution >= 4 is 21.6 Å². The molecule has 1 amide bonds. The van der Waals surface area contributed by atoms with E-state index in [0.29, 0.717) is 24.4 Å². The maximum Gasteiger partial charge on any atom is 0.251 e. The number of ether oxygens (including phenoxy) is 1. The first-order chi connectivity index (χ1) is 14.8. The minimum Gasteiger partial charge on any atom is -0.487 e. The Bertz CT molecular complexity index is 1210. The Kier molecular flexibility index (Phi) is 5.97. The molecular weight excluding hydrogens is 416 g/mol. The molecule has 1 N–H and O–H groups in total. The monoisotopic (exact) mass is 442 g/mol. The number of hydrogen-bond donors (Lipinski definition) is 1. The molecule has 164 valence electrons. The second-order valence-corrected chi connectivity index (χ2v) is 9.94. The number of benzene rings is 1. The first-order valence-electron chi connectivity index (χ1n) is 10.2. The minimum absolute atomic E-state index is 0.207. The van der Waals surface area contributed by atoms with E-state index in [1.807, 2.05) is 35.9 Å². The molecule has 1 atom stereocenters. The van der Waals surface area contributed by atoms with Crippen LogP contribution in [-0.2, 0) is 16.6 Å². The highest BCUT2D eigenvalue weighted by Gasteiger charge is 2.27. The van der Waals surface area contributed by atoms with Crippen molar-refractivity contribution in [2.75, 3.05) is 19.3 Å². The van der Waals surface area contributed by atoms with E-state index < -0.39 is 10.0 Å². The molecule has 31 heavy (non-hydrogen) atoms. The van der Waals surface area contributed by atoms with Crippen LogP contribution in [0.2, 0.25) is 0 Å². The number of nitrogens with zero attached hydrogens (tertiary/aromatic N) is 3. The van der Waals surface area contributed by atoms with Crippen molar-refractivity contribution in [2.45, 2.75) is 32.4 Å². The van der Waals surface area contributed by atoms with E-state index in [2.05, 4.69) is 10.3 Å². The Morgan fingerprint density at radius 2 is 2.10 bits per heavy atom. The lowest BCUT2D eigenvalue weighted by atomic mass is 10.1. The second-order valence-electron chi connectivity index (χ2n) is 7.95. The number of nitrogens with one attached hydrogen (secondary N) is 1. The molecule has 2 aromatic heterocycles. The van der Waals surface area contributed by atoms with E-state index in [-0.39, 0.29) is 18.6 Å². The Hall–Kier alpha value is -2.91. The molecule has 9 heteroatoms. The van der Waals surface area contributed by atoms with E-state index in [9.17, 15) is 13.2 Å². The Morgan fingerprint density at radius 3 is 2.90 bits per heavy atom. The number of hydrogen-bond acceptors (Lipinski definition) is 5. The van der Waals surface area contributed by atoms with Crippen molar-refractivity contribution in [1.29, 1.82) is 0 Å². The average molecular weight is 443 g/mol. The predicted molar refractivity (Wildman–Crippen MR) is 118 cm³/mol. The average Bonchev–Trinajstić information content (AvgIpc) is 3.14. The predicted octanol–water partition coefficient (Wildman–Crippen LogP) is 2.38. The van der Waals surface area contributed by atoms with E-state index in [1.165, 1.54) is 10.6 Å². The summed E-state index contributed by atoms with van der Waals surface area (Å²) in [6.45, 7) is 3.11. The number of carbonyl (C=O) groups excluding carboxylic acids is 1. The molecule has 0 radical (unpaired) electrons. The van der Waals surface area contributed by atoms with E-state index >= 15 is 0 Å². The number of aromatic nitrogens is 2. The molecule has 0 spiro atoms. The third kappa shape index (κ3) is 5.23. The SMILES string of the molecule is Cc1ccc2nc(COc3cccc(C(=O)NC4CCCN(S(C)(=O)=O)C4)c3)cn2c1. The summed E-state index contributed by atoms with van der Waals surface area (Å²) in [5.74, 6) is 0.330. The van der Waals surface area contributed by atoms with Crippen molar-refractivity contribution in [3.8, 4) is 5.75 Å². The first kappa shape index (κ1) is 21.3. The van der Waals surface area contributed by atoms with E-state index in [0.717, 1.165) is 29.7 Å². The van der Waals surface area contributed by atoms with Crippen LogP contribution in [0.4, 0.5) is 0 Å². The van der Waals surface area contributed by atoms with Crippen LogP contribution < -0.4 is 10.1 Å². The minimum atomic E-state index is -3.26. The molecule has 0 bridgehead atoms. The number of imidazole rings is 1. The van der Waals surface area contributed by atoms with Gasteiger partial charge < -0.3 is 14.5 Å². The third-order valence-corrected chi connectivity index (χ3v) is 6.59. The summed E-state index contributed by atoms with van der Waals surface area (Å²) in [5, 5.41) is 2.94. The fourth-order valence-electron chi connectivity index (χ4n) is 3.74. The summed E-state index contributed by atoms with van der Waals surface area (Å²) in [6.07, 6.45) is 6.60. The Labute approximate surface area is 181 Å². The highest BCUT2D eigenvalue weighted by atomic mass is 32.2. The zero-order valence-electron chi connectivity index (χ0n) is 17.6. The lowest BCUT2D eigenvalue weighted by molar-refractivity contribution is 0.0921. The fraction of sp³-hybridized carbons (Fsp3) is 0.364. The Morgan fingerprint density at radius 1 is 1.26 bits per heavy atom. The van der Waals surface area contributed by atoms with Crippen LogP contribution >= 0.6 is 0 Å². The molecule has 1 unspecified atom stereocenters. The van der Waals surface area contributed by atoms with Gasteiger partial charge in [-0.25, -0.2) is 17.7 Å². The van der Waals surface area contributed by atoms with E-state index in [1.54, 1.807) is 24.3 Å². The van der Waals surface area contributed by atoms with Crippen molar-refractivity contribution < 1.29 is 17.9 Å². The standard InChI is InChI=1S/C22H26N4O4S/c1-16-8-9-21-23-19(13-25(21)12-16)15-30-20-7-3-5-17(11-20)22(27)24-18-6-4-10-26(14-18)31(2,28)29/h3,5,7-9,11-13,18H,4,6,10,14-15H2,1-2H3,(H,24,27). The van der Waals surface area contributed by atoms with Gasteiger partial charge in [0, 0.05) is 37.1 Å². The second kappa shape index (κ2) is 8.68. The molecule has 3 heterocycles. The summed E-state index contributed by atoms with van der Waals surface area (Å²) in [6, 6.07) is 10.7. The van der Waals surface area contributed by atoms with Crippen LogP contribution in [0.25, 0.3) is 5.65 Å². The molecule has 3 aromatic rings. The number of sulfonamides is 1. The number of amides is 1. The summed E-state index contributed by atoms with van der Waals surface area (Å²) < 4.78 is 32.8. The lowest BCUT2D eigenvalue weighted by Gasteiger charge is -2.31. The van der Waals surface area contributed by atoms with Gasteiger partial charge in [0.1, 0.15) is 18.0 Å². The summed E-state index contributed by atoms with van der Waals surface area (Å²) in [4.78, 5) is 17.2. The maximum absolute atomic E-state index is 12.7. The van der Waals surface area contributed by atoms with Gasteiger partial charge >= 0.3 is 0 Å². The van der Waals surface area contributed by atoms with Crippen LogP contribution in [-0.4, -0.2) is 53.4 Å². The first-order valence-corrected chi connectivity index (χ1v) is 12.1. The molecule has 8 nitrogen and oxygen atoms in total. The van der Waals surface area contributed by atoms with Crippen LogP contribution in [0.3, 0.4) is 0 Å². The normalized spacial score (nSPS) is 17.5. The largest absolute Gasteiger partial charge is 0.487 e. The van der Waals surface area contributed by atoms with Crippen LogP contribution in [0.5, 0.6) is 5.75 Å². The van der Waals surface area contributed by atoms with Gasteiger partial charge in [-0.1, -0.05) is 12.1 Å². The molecule has 4 rings (SSSR count). The van der Waals surface area contributed by atoms with Crippen molar-refractivity contribution in [2.24, 2.45) is 0 Å². The number of rotatable bonds is 6. The van der Waals surface area contributed by atoms with E-state index in [4.69, 9.17) is 4.74 Å². The quantitative estimate of drug-likeness (QED) is 0.633. The molecule has 0 saturated carbocycles. The third-order valence-electron chi connectivity index (χ3n) is 5.32. The number of fused-ring (bicyclic) bond motifs is 1. The van der Waals surface area contributed by atoms with Crippen molar-refractivity contribution in [3.63, 3.8) is 0 Å². The topological polar surface area (TPSA) is 93.0 Å². The van der Waals surface area contributed by atoms with Crippen molar-refractivity contribution in [3.05, 3.63) is 65.6 Å². The number of piperidine rings is 1. The van der Waals surface area contributed by atoms with Gasteiger partial charge in [0.2, 0.25) is 10.0 Å². The smallest absolute Gasteiger partial charge is 0.251 e. The van der Waals surface area contributed by atoms with Gasteiger partial charge in [-0.05, 0) is 49.6 Å². The fourth-order valence-corrected chi connectivity index (χ4v) is 4.65.